The zero-order valence-corrected chi connectivity index (χ0v) is 9.46. The molecule has 0 spiro atoms. The van der Waals surface area contributed by atoms with E-state index in [9.17, 15) is 4.79 Å². The van der Waals surface area contributed by atoms with E-state index in [2.05, 4.69) is 0 Å². The molecule has 1 unspecified atom stereocenters. The summed E-state index contributed by atoms with van der Waals surface area (Å²) >= 11 is 0. The summed E-state index contributed by atoms with van der Waals surface area (Å²) in [5.74, 6) is 0. The van der Waals surface area contributed by atoms with Crippen LogP contribution in [0.2, 0.25) is 0 Å². The monoisotopic (exact) mass is 203 g/mol. The normalized spacial score (nSPS) is 16.1. The van der Waals surface area contributed by atoms with Gasteiger partial charge < -0.3 is 15.6 Å². The Morgan fingerprint density at radius 2 is 1.86 bits per heavy atom. The number of rotatable bonds is 4. The number of amides is 1. The Balaban J connectivity index is 4.46. The van der Waals surface area contributed by atoms with Crippen LogP contribution in [-0.4, -0.2) is 23.4 Å². The number of primary amides is 1. The number of aliphatic hydroxyl groups is 1. The van der Waals surface area contributed by atoms with Gasteiger partial charge in [0.05, 0.1) is 0 Å². The Bertz CT molecular complexity index is 198. The van der Waals surface area contributed by atoms with E-state index in [0.29, 0.717) is 12.8 Å². The van der Waals surface area contributed by atoms with Gasteiger partial charge in [-0.2, -0.15) is 0 Å². The van der Waals surface area contributed by atoms with E-state index in [1.54, 1.807) is 6.92 Å². The maximum atomic E-state index is 10.7. The predicted molar refractivity (Wildman–Crippen MR) is 54.8 cm³/mol. The van der Waals surface area contributed by atoms with E-state index >= 15 is 0 Å². The minimum Gasteiger partial charge on any atom is -0.443 e. The number of carbonyl (C=O) groups is 1. The zero-order valence-electron chi connectivity index (χ0n) is 9.46. The molecule has 0 aromatic carbocycles. The van der Waals surface area contributed by atoms with Gasteiger partial charge in [-0.05, 0) is 18.8 Å². The summed E-state index contributed by atoms with van der Waals surface area (Å²) in [5.41, 5.74) is 4.34. The van der Waals surface area contributed by atoms with Crippen molar-refractivity contribution in [2.75, 3.05) is 6.61 Å². The molecule has 1 atom stereocenters. The Hall–Kier alpha value is -0.770. The average Bonchev–Trinajstić information content (AvgIpc) is 1.78. The Morgan fingerprint density at radius 1 is 1.36 bits per heavy atom. The maximum Gasteiger partial charge on any atom is 0.405 e. The summed E-state index contributed by atoms with van der Waals surface area (Å²) in [6.45, 7) is 7.92. The summed E-state index contributed by atoms with van der Waals surface area (Å²) in [6.07, 6.45) is 0.293. The molecule has 0 fully saturated rings. The third-order valence-corrected chi connectivity index (χ3v) is 1.89. The molecular formula is C10H21NO3. The number of aliphatic hydroxyl groups excluding tert-OH is 1. The lowest BCUT2D eigenvalue weighted by molar-refractivity contribution is -0.0153. The number of nitrogens with two attached hydrogens (primary N) is 1. The fourth-order valence-corrected chi connectivity index (χ4v) is 1.78. The minimum atomic E-state index is -0.787. The molecule has 0 aliphatic rings. The number of ether oxygens (including phenoxy) is 1. The van der Waals surface area contributed by atoms with Gasteiger partial charge in [0.1, 0.15) is 5.60 Å². The van der Waals surface area contributed by atoms with E-state index in [4.69, 9.17) is 15.6 Å². The Kier molecular flexibility index (Phi) is 4.39. The molecule has 0 saturated carbocycles. The van der Waals surface area contributed by atoms with Gasteiger partial charge in [0.25, 0.3) is 0 Å². The van der Waals surface area contributed by atoms with E-state index in [-0.39, 0.29) is 12.0 Å². The lowest BCUT2D eigenvalue weighted by Gasteiger charge is -2.34. The standard InChI is InChI=1S/C10H21NO3/c1-9(2,3)7-10(4,5-6-12)14-8(11)13/h12H,5-7H2,1-4H3,(H2,11,13). The van der Waals surface area contributed by atoms with Crippen LogP contribution in [0, 0.1) is 5.41 Å². The molecule has 14 heavy (non-hydrogen) atoms. The molecule has 0 radical (unpaired) electrons. The molecule has 4 heteroatoms. The van der Waals surface area contributed by atoms with Crippen LogP contribution in [0.5, 0.6) is 0 Å². The van der Waals surface area contributed by atoms with Crippen molar-refractivity contribution >= 4 is 6.09 Å². The molecule has 0 aromatic heterocycles. The molecular weight excluding hydrogens is 182 g/mol. The van der Waals surface area contributed by atoms with Crippen molar-refractivity contribution in [1.29, 1.82) is 0 Å². The largest absolute Gasteiger partial charge is 0.443 e. The third kappa shape index (κ3) is 5.80. The van der Waals surface area contributed by atoms with Gasteiger partial charge in [-0.3, -0.25) is 0 Å². The first-order chi connectivity index (χ1) is 6.18. The summed E-state index contributed by atoms with van der Waals surface area (Å²) in [7, 11) is 0. The van der Waals surface area contributed by atoms with Crippen molar-refractivity contribution in [2.24, 2.45) is 11.1 Å². The minimum absolute atomic E-state index is 0.0140. The lowest BCUT2D eigenvalue weighted by atomic mass is 9.81. The van der Waals surface area contributed by atoms with Crippen molar-refractivity contribution < 1.29 is 14.6 Å². The van der Waals surface area contributed by atoms with Crippen LogP contribution in [0.25, 0.3) is 0 Å². The smallest absolute Gasteiger partial charge is 0.405 e. The van der Waals surface area contributed by atoms with Crippen LogP contribution in [-0.2, 0) is 4.74 Å². The fourth-order valence-electron chi connectivity index (χ4n) is 1.78. The summed E-state index contributed by atoms with van der Waals surface area (Å²) in [6, 6.07) is 0. The Morgan fingerprint density at radius 3 is 2.14 bits per heavy atom. The summed E-state index contributed by atoms with van der Waals surface area (Å²) in [5, 5.41) is 8.88. The number of carbonyl (C=O) groups excluding carboxylic acids is 1. The Labute approximate surface area is 85.4 Å². The van der Waals surface area contributed by atoms with Crippen molar-refractivity contribution in [3.8, 4) is 0 Å². The van der Waals surface area contributed by atoms with Gasteiger partial charge in [0.15, 0.2) is 0 Å². The van der Waals surface area contributed by atoms with Crippen LogP contribution in [0.3, 0.4) is 0 Å². The lowest BCUT2D eigenvalue weighted by Crippen LogP contribution is -2.38. The summed E-state index contributed by atoms with van der Waals surface area (Å²) in [4.78, 5) is 10.7. The molecule has 3 N–H and O–H groups in total. The highest BCUT2D eigenvalue weighted by Gasteiger charge is 2.32. The van der Waals surface area contributed by atoms with Gasteiger partial charge in [0, 0.05) is 13.0 Å². The molecule has 0 aromatic rings. The molecule has 0 aliphatic carbocycles. The molecule has 4 nitrogen and oxygen atoms in total. The van der Waals surface area contributed by atoms with E-state index in [1.165, 1.54) is 0 Å². The fraction of sp³-hybridized carbons (Fsp3) is 0.900. The van der Waals surface area contributed by atoms with Crippen LogP contribution in [0.1, 0.15) is 40.5 Å². The quantitative estimate of drug-likeness (QED) is 0.729. The van der Waals surface area contributed by atoms with Gasteiger partial charge in [-0.25, -0.2) is 4.79 Å². The summed E-state index contributed by atoms with van der Waals surface area (Å²) < 4.78 is 5.03. The van der Waals surface area contributed by atoms with Crippen LogP contribution >= 0.6 is 0 Å². The van der Waals surface area contributed by atoms with Gasteiger partial charge >= 0.3 is 6.09 Å². The SMILES string of the molecule is CC(C)(C)CC(C)(CCO)OC(N)=O. The number of hydrogen-bond acceptors (Lipinski definition) is 3. The van der Waals surface area contributed by atoms with Gasteiger partial charge in [-0.15, -0.1) is 0 Å². The number of hydrogen-bond donors (Lipinski definition) is 2. The molecule has 0 aliphatic heterocycles. The first kappa shape index (κ1) is 13.2. The predicted octanol–water partition coefficient (Wildman–Crippen LogP) is 1.66. The van der Waals surface area contributed by atoms with Crippen LogP contribution < -0.4 is 5.73 Å². The van der Waals surface area contributed by atoms with E-state index in [1.807, 2.05) is 20.8 Å². The van der Waals surface area contributed by atoms with Crippen LogP contribution in [0.4, 0.5) is 4.79 Å². The van der Waals surface area contributed by atoms with Crippen molar-refractivity contribution in [2.45, 2.75) is 46.1 Å². The van der Waals surface area contributed by atoms with Crippen molar-refractivity contribution in [1.82, 2.24) is 0 Å². The zero-order chi connectivity index (χ0) is 11.4. The van der Waals surface area contributed by atoms with Gasteiger partial charge in [0.2, 0.25) is 0 Å². The van der Waals surface area contributed by atoms with E-state index in [0.717, 1.165) is 0 Å². The van der Waals surface area contributed by atoms with Crippen LogP contribution in [0.15, 0.2) is 0 Å². The molecule has 1 amide bonds. The van der Waals surface area contributed by atoms with Crippen molar-refractivity contribution in [3.63, 3.8) is 0 Å². The second kappa shape index (κ2) is 4.64. The highest BCUT2D eigenvalue weighted by molar-refractivity contribution is 5.65. The van der Waals surface area contributed by atoms with E-state index < -0.39 is 11.7 Å². The highest BCUT2D eigenvalue weighted by Crippen LogP contribution is 2.31. The third-order valence-electron chi connectivity index (χ3n) is 1.89. The first-order valence-corrected chi connectivity index (χ1v) is 4.78. The maximum absolute atomic E-state index is 10.7. The van der Waals surface area contributed by atoms with Gasteiger partial charge in [-0.1, -0.05) is 20.8 Å². The highest BCUT2D eigenvalue weighted by atomic mass is 16.6. The topological polar surface area (TPSA) is 72.6 Å². The molecule has 0 heterocycles. The average molecular weight is 203 g/mol. The molecule has 0 rings (SSSR count). The first-order valence-electron chi connectivity index (χ1n) is 4.78. The molecule has 0 saturated heterocycles. The second-order valence-corrected chi connectivity index (χ2v) is 5.08. The molecule has 84 valence electrons. The second-order valence-electron chi connectivity index (χ2n) is 5.08. The van der Waals surface area contributed by atoms with Crippen molar-refractivity contribution in [3.05, 3.63) is 0 Å². The molecule has 0 bridgehead atoms.